The molecule has 1 amide bonds. The summed E-state index contributed by atoms with van der Waals surface area (Å²) >= 11 is 0. The maximum atomic E-state index is 14.7. The maximum Gasteiger partial charge on any atom is 0.420 e. The van der Waals surface area contributed by atoms with Crippen LogP contribution in [0, 0.1) is 5.82 Å². The number of alkyl halides is 3. The molecule has 168 valence electrons. The smallest absolute Gasteiger partial charge is 0.420 e. The molecule has 7 nitrogen and oxygen atoms in total. The summed E-state index contributed by atoms with van der Waals surface area (Å²) in [5.41, 5.74) is -0.689. The van der Waals surface area contributed by atoms with E-state index >= 15 is 0 Å². The Morgan fingerprint density at radius 1 is 1.06 bits per heavy atom. The molecule has 0 aliphatic carbocycles. The van der Waals surface area contributed by atoms with Gasteiger partial charge in [-0.25, -0.2) is 9.37 Å². The molecule has 33 heavy (non-hydrogen) atoms. The highest BCUT2D eigenvalue weighted by Gasteiger charge is 2.36. The Balaban J connectivity index is 1.62. The fourth-order valence-corrected chi connectivity index (χ4v) is 3.17. The molecule has 0 aliphatic rings. The third-order valence-corrected chi connectivity index (χ3v) is 4.67. The van der Waals surface area contributed by atoms with E-state index in [0.29, 0.717) is 27.7 Å². The fraction of sp³-hybridized carbons (Fsp3) is 0.0909. The second-order valence-electron chi connectivity index (χ2n) is 6.76. The van der Waals surface area contributed by atoms with Gasteiger partial charge in [0.1, 0.15) is 17.1 Å². The second-order valence-corrected chi connectivity index (χ2v) is 6.76. The van der Waals surface area contributed by atoms with Crippen molar-refractivity contribution >= 4 is 11.6 Å². The lowest BCUT2D eigenvalue weighted by atomic mass is 10.0. The number of nitrogens with one attached hydrogen (secondary N) is 1. The predicted molar refractivity (Wildman–Crippen MR) is 110 cm³/mol. The third-order valence-electron chi connectivity index (χ3n) is 4.67. The van der Waals surface area contributed by atoms with E-state index < -0.39 is 29.3 Å². The van der Waals surface area contributed by atoms with Gasteiger partial charge in [0, 0.05) is 5.56 Å². The Morgan fingerprint density at radius 3 is 2.45 bits per heavy atom. The molecule has 4 rings (SSSR count). The molecule has 4 aromatic rings. The SMILES string of the molecule is COc1ccccc1-c1ccc(C(=O)Nc2cnc(-n3nccn3)c(C(F)(F)F)c2)c(F)c1. The van der Waals surface area contributed by atoms with Crippen molar-refractivity contribution in [1.82, 2.24) is 20.0 Å². The number of carbonyl (C=O) groups is 1. The predicted octanol–water partition coefficient (Wildman–Crippen LogP) is 4.75. The van der Waals surface area contributed by atoms with Crippen molar-refractivity contribution in [2.45, 2.75) is 6.18 Å². The molecule has 0 unspecified atom stereocenters. The first kappa shape index (κ1) is 21.9. The van der Waals surface area contributed by atoms with Crippen LogP contribution in [0.4, 0.5) is 23.2 Å². The van der Waals surface area contributed by atoms with Gasteiger partial charge in [-0.3, -0.25) is 4.79 Å². The Morgan fingerprint density at radius 2 is 1.79 bits per heavy atom. The van der Waals surface area contributed by atoms with Gasteiger partial charge in [-0.15, -0.1) is 4.80 Å². The molecule has 2 aromatic carbocycles. The summed E-state index contributed by atoms with van der Waals surface area (Å²) in [5.74, 6) is -1.82. The number of pyridine rings is 1. The standard InChI is InChI=1S/C22H15F4N5O2/c1-33-19-5-3-2-4-15(19)13-6-7-16(18(23)10-13)21(32)30-14-11-17(22(24,25)26)20(27-12-14)31-28-8-9-29-31/h2-12H,1H3,(H,30,32). The quantitative estimate of drug-likeness (QED) is 0.438. The van der Waals surface area contributed by atoms with Crippen molar-refractivity contribution in [2.24, 2.45) is 0 Å². The number of rotatable bonds is 5. The molecule has 11 heteroatoms. The first-order chi connectivity index (χ1) is 15.8. The van der Waals surface area contributed by atoms with E-state index in [1.54, 1.807) is 24.3 Å². The number of methoxy groups -OCH3 is 1. The molecule has 0 saturated carbocycles. The Hall–Kier alpha value is -4.28. The fourth-order valence-electron chi connectivity index (χ4n) is 3.17. The summed E-state index contributed by atoms with van der Waals surface area (Å²) in [7, 11) is 1.48. The first-order valence-electron chi connectivity index (χ1n) is 9.46. The van der Waals surface area contributed by atoms with E-state index in [-0.39, 0.29) is 11.3 Å². The number of nitrogens with zero attached hydrogens (tertiary/aromatic N) is 4. The van der Waals surface area contributed by atoms with Gasteiger partial charge in [0.2, 0.25) is 0 Å². The van der Waals surface area contributed by atoms with Crippen LogP contribution in [0.25, 0.3) is 16.9 Å². The number of hydrogen-bond acceptors (Lipinski definition) is 5. The third kappa shape index (κ3) is 4.52. The number of amides is 1. The van der Waals surface area contributed by atoms with Gasteiger partial charge in [-0.2, -0.15) is 23.4 Å². The molecule has 0 atom stereocenters. The molecule has 0 aliphatic heterocycles. The van der Waals surface area contributed by atoms with Crippen molar-refractivity contribution < 1.29 is 27.1 Å². The minimum absolute atomic E-state index is 0.267. The Kier molecular flexibility index (Phi) is 5.78. The number of aromatic nitrogens is 4. The highest BCUT2D eigenvalue weighted by atomic mass is 19.4. The summed E-state index contributed by atoms with van der Waals surface area (Å²) in [6.07, 6.45) is -1.38. The second kappa shape index (κ2) is 8.69. The lowest BCUT2D eigenvalue weighted by Crippen LogP contribution is -2.18. The van der Waals surface area contributed by atoms with Crippen molar-refractivity contribution in [3.05, 3.63) is 84.1 Å². The van der Waals surface area contributed by atoms with E-state index in [1.165, 1.54) is 31.6 Å². The van der Waals surface area contributed by atoms with E-state index in [9.17, 15) is 22.4 Å². The molecule has 0 fully saturated rings. The molecule has 2 aromatic heterocycles. The molecular weight excluding hydrogens is 442 g/mol. The molecule has 0 radical (unpaired) electrons. The average molecular weight is 457 g/mol. The van der Waals surface area contributed by atoms with Crippen LogP contribution in [-0.2, 0) is 6.18 Å². The van der Waals surface area contributed by atoms with Gasteiger partial charge in [-0.1, -0.05) is 24.3 Å². The number of carbonyl (C=O) groups excluding carboxylic acids is 1. The van der Waals surface area contributed by atoms with Crippen molar-refractivity contribution in [1.29, 1.82) is 0 Å². The zero-order chi connectivity index (χ0) is 23.6. The Labute approximate surface area is 184 Å². The molecule has 0 saturated heterocycles. The number of halogens is 4. The van der Waals surface area contributed by atoms with Crippen molar-refractivity contribution in [3.8, 4) is 22.7 Å². The van der Waals surface area contributed by atoms with Crippen LogP contribution in [0.2, 0.25) is 0 Å². The van der Waals surface area contributed by atoms with Crippen LogP contribution >= 0.6 is 0 Å². The topological polar surface area (TPSA) is 81.9 Å². The average Bonchev–Trinajstić information content (AvgIpc) is 3.33. The summed E-state index contributed by atoms with van der Waals surface area (Å²) in [6, 6.07) is 11.5. The number of benzene rings is 2. The van der Waals surface area contributed by atoms with Crippen LogP contribution in [0.5, 0.6) is 5.75 Å². The number of hydrogen-bond donors (Lipinski definition) is 1. The monoisotopic (exact) mass is 457 g/mol. The van der Waals surface area contributed by atoms with E-state index in [1.807, 2.05) is 0 Å². The first-order valence-corrected chi connectivity index (χ1v) is 9.46. The minimum atomic E-state index is -4.79. The lowest BCUT2D eigenvalue weighted by molar-refractivity contribution is -0.137. The zero-order valence-electron chi connectivity index (χ0n) is 17.0. The van der Waals surface area contributed by atoms with Crippen LogP contribution in [0.15, 0.2) is 67.1 Å². The zero-order valence-corrected chi connectivity index (χ0v) is 17.0. The van der Waals surface area contributed by atoms with Gasteiger partial charge in [0.05, 0.1) is 37.0 Å². The van der Waals surface area contributed by atoms with Crippen LogP contribution in [0.3, 0.4) is 0 Å². The summed E-state index contributed by atoms with van der Waals surface area (Å²) in [5, 5.41) is 9.56. The Bertz CT molecular complexity index is 1310. The van der Waals surface area contributed by atoms with Crippen LogP contribution < -0.4 is 10.1 Å². The van der Waals surface area contributed by atoms with Gasteiger partial charge >= 0.3 is 6.18 Å². The molecule has 0 bridgehead atoms. The summed E-state index contributed by atoms with van der Waals surface area (Å²) < 4.78 is 60.5. The molecule has 0 spiro atoms. The number of ether oxygens (including phenoxy) is 1. The van der Waals surface area contributed by atoms with Crippen LogP contribution in [0.1, 0.15) is 15.9 Å². The van der Waals surface area contributed by atoms with E-state index in [4.69, 9.17) is 4.74 Å². The van der Waals surface area contributed by atoms with Crippen LogP contribution in [-0.4, -0.2) is 33.0 Å². The minimum Gasteiger partial charge on any atom is -0.496 e. The summed E-state index contributed by atoms with van der Waals surface area (Å²) in [6.45, 7) is 0. The highest BCUT2D eigenvalue weighted by molar-refractivity contribution is 6.04. The lowest BCUT2D eigenvalue weighted by Gasteiger charge is -2.14. The van der Waals surface area contributed by atoms with E-state index in [0.717, 1.165) is 12.3 Å². The largest absolute Gasteiger partial charge is 0.496 e. The maximum absolute atomic E-state index is 14.7. The van der Waals surface area contributed by atoms with Crippen molar-refractivity contribution in [2.75, 3.05) is 12.4 Å². The summed E-state index contributed by atoms with van der Waals surface area (Å²) in [4.78, 5) is 17.0. The van der Waals surface area contributed by atoms with Gasteiger partial charge in [0.15, 0.2) is 5.82 Å². The van der Waals surface area contributed by atoms with Crippen molar-refractivity contribution in [3.63, 3.8) is 0 Å². The van der Waals surface area contributed by atoms with Gasteiger partial charge in [-0.05, 0) is 29.8 Å². The molecule has 1 N–H and O–H groups in total. The normalized spacial score (nSPS) is 11.3. The number of para-hydroxylation sites is 1. The van der Waals surface area contributed by atoms with Gasteiger partial charge < -0.3 is 10.1 Å². The highest BCUT2D eigenvalue weighted by Crippen LogP contribution is 2.34. The number of anilines is 1. The van der Waals surface area contributed by atoms with E-state index in [2.05, 4.69) is 20.5 Å². The van der Waals surface area contributed by atoms with Gasteiger partial charge in [0.25, 0.3) is 5.91 Å². The molecular formula is C22H15F4N5O2. The molecule has 2 heterocycles.